The summed E-state index contributed by atoms with van der Waals surface area (Å²) < 4.78 is 5.51. The molecule has 0 radical (unpaired) electrons. The van der Waals surface area contributed by atoms with Crippen LogP contribution in [0.15, 0.2) is 24.8 Å². The monoisotopic (exact) mass is 405 g/mol. The maximum Gasteiger partial charge on any atom is 0.410 e. The average molecular weight is 406 g/mol. The first kappa shape index (κ1) is 25.1. The fraction of sp³-hybridized carbons (Fsp3) is 0.708. The number of ether oxygens (including phenoxy) is 1. The molecule has 0 aromatic heterocycles. The van der Waals surface area contributed by atoms with Gasteiger partial charge in [0.15, 0.2) is 0 Å². The van der Waals surface area contributed by atoms with E-state index in [1.807, 2.05) is 45.9 Å². The molecule has 164 valence electrons. The van der Waals surface area contributed by atoms with Gasteiger partial charge in [0, 0.05) is 19.5 Å². The maximum absolute atomic E-state index is 13.1. The van der Waals surface area contributed by atoms with Crippen molar-refractivity contribution in [2.75, 3.05) is 13.1 Å². The Balaban J connectivity index is 2.97. The van der Waals surface area contributed by atoms with Gasteiger partial charge >= 0.3 is 6.09 Å². The lowest BCUT2D eigenvalue weighted by Gasteiger charge is -2.43. The molecule has 0 N–H and O–H groups in total. The summed E-state index contributed by atoms with van der Waals surface area (Å²) in [6, 6.07) is 0. The Hall–Kier alpha value is -1.91. The smallest absolute Gasteiger partial charge is 0.410 e. The Kier molecular flexibility index (Phi) is 9.31. The van der Waals surface area contributed by atoms with Crippen LogP contribution in [0, 0.1) is 17.3 Å². The van der Waals surface area contributed by atoms with Gasteiger partial charge in [-0.2, -0.15) is 0 Å². The summed E-state index contributed by atoms with van der Waals surface area (Å²) in [5.41, 5.74) is -1.53. The second-order valence-electron chi connectivity index (χ2n) is 9.32. The van der Waals surface area contributed by atoms with Gasteiger partial charge in [-0.25, -0.2) is 4.79 Å². The second kappa shape index (κ2) is 10.7. The highest BCUT2D eigenvalue weighted by Crippen LogP contribution is 2.47. The summed E-state index contributed by atoms with van der Waals surface area (Å²) in [4.78, 5) is 40.0. The highest BCUT2D eigenvalue weighted by Gasteiger charge is 2.51. The van der Waals surface area contributed by atoms with Crippen molar-refractivity contribution in [2.24, 2.45) is 17.3 Å². The first-order valence-corrected chi connectivity index (χ1v) is 10.7. The average Bonchev–Trinajstić information content (AvgIpc) is 2.58. The normalized spacial score (nSPS) is 25.1. The highest BCUT2D eigenvalue weighted by atomic mass is 16.6. The van der Waals surface area contributed by atoms with Gasteiger partial charge < -0.3 is 9.64 Å². The molecule has 1 aliphatic carbocycles. The van der Waals surface area contributed by atoms with Crippen LogP contribution in [0.3, 0.4) is 0 Å². The minimum Gasteiger partial charge on any atom is -0.444 e. The standard InChI is InChI=1S/C24H39NO4/c1-8-10-14-25(22(28)29-23(5,6)7)15-11-13-24(19(4)26)20(12-9-2)16-18(3)17-21(24)27/h8-10,18,20H,2,11-17H2,1,3-7H3/b10-8+/t18-,20-,24-/m1/s1. The van der Waals surface area contributed by atoms with Crippen LogP contribution >= 0.6 is 0 Å². The van der Waals surface area contributed by atoms with Gasteiger partial charge in [0.05, 0.1) is 5.41 Å². The Morgan fingerprint density at radius 2 is 2.00 bits per heavy atom. The number of ketones is 2. The summed E-state index contributed by atoms with van der Waals surface area (Å²) in [6.45, 7) is 15.7. The van der Waals surface area contributed by atoms with Crippen LogP contribution in [-0.2, 0) is 14.3 Å². The van der Waals surface area contributed by atoms with E-state index in [-0.39, 0.29) is 29.5 Å². The molecule has 1 saturated carbocycles. The molecule has 0 spiro atoms. The predicted octanol–water partition coefficient (Wildman–Crippen LogP) is 5.35. The van der Waals surface area contributed by atoms with Crippen LogP contribution in [0.4, 0.5) is 4.79 Å². The van der Waals surface area contributed by atoms with E-state index in [9.17, 15) is 14.4 Å². The third-order valence-electron chi connectivity index (χ3n) is 5.71. The molecule has 1 aliphatic rings. The Morgan fingerprint density at radius 3 is 2.52 bits per heavy atom. The lowest BCUT2D eigenvalue weighted by atomic mass is 9.58. The van der Waals surface area contributed by atoms with Crippen molar-refractivity contribution in [2.45, 2.75) is 79.2 Å². The molecule has 0 aromatic carbocycles. The molecule has 3 atom stereocenters. The second-order valence-corrected chi connectivity index (χ2v) is 9.32. The lowest BCUT2D eigenvalue weighted by Crippen LogP contribution is -2.49. The van der Waals surface area contributed by atoms with Crippen LogP contribution in [0.2, 0.25) is 0 Å². The lowest BCUT2D eigenvalue weighted by molar-refractivity contribution is -0.148. The minimum absolute atomic E-state index is 0.0146. The largest absolute Gasteiger partial charge is 0.444 e. The van der Waals surface area contributed by atoms with E-state index in [4.69, 9.17) is 4.74 Å². The van der Waals surface area contributed by atoms with Crippen LogP contribution in [0.25, 0.3) is 0 Å². The van der Waals surface area contributed by atoms with Crippen molar-refractivity contribution in [1.82, 2.24) is 4.90 Å². The fourth-order valence-corrected chi connectivity index (χ4v) is 4.36. The first-order valence-electron chi connectivity index (χ1n) is 10.7. The zero-order chi connectivity index (χ0) is 22.2. The minimum atomic E-state index is -0.957. The van der Waals surface area contributed by atoms with Crippen molar-refractivity contribution in [3.63, 3.8) is 0 Å². The molecule has 0 bridgehead atoms. The predicted molar refractivity (Wildman–Crippen MR) is 117 cm³/mol. The molecule has 0 unspecified atom stereocenters. The SMILES string of the molecule is C=CC[C@@H]1C[C@@H](C)CC(=O)[C@]1(CCCN(C/C=C/C)C(=O)OC(C)(C)C)C(C)=O. The number of rotatable bonds is 9. The molecule has 0 aliphatic heterocycles. The molecule has 1 fully saturated rings. The van der Waals surface area contributed by atoms with Crippen LogP contribution in [0.1, 0.15) is 73.6 Å². The van der Waals surface area contributed by atoms with E-state index in [2.05, 4.69) is 13.5 Å². The molecule has 1 amide bonds. The van der Waals surface area contributed by atoms with Gasteiger partial charge in [-0.3, -0.25) is 9.59 Å². The molecule has 5 heteroatoms. The number of hydrogen-bond donors (Lipinski definition) is 0. The maximum atomic E-state index is 13.1. The number of carbonyl (C=O) groups is 3. The number of amides is 1. The highest BCUT2D eigenvalue weighted by molar-refractivity contribution is 6.07. The topological polar surface area (TPSA) is 63.7 Å². The Labute approximate surface area is 176 Å². The summed E-state index contributed by atoms with van der Waals surface area (Å²) in [6.07, 6.45) is 8.22. The van der Waals surface area contributed by atoms with Crippen molar-refractivity contribution < 1.29 is 19.1 Å². The first-order chi connectivity index (χ1) is 13.5. The zero-order valence-corrected chi connectivity index (χ0v) is 19.1. The van der Waals surface area contributed by atoms with E-state index in [0.29, 0.717) is 38.8 Å². The molecular weight excluding hydrogens is 366 g/mol. The zero-order valence-electron chi connectivity index (χ0n) is 19.1. The number of hydrogen-bond acceptors (Lipinski definition) is 4. The van der Waals surface area contributed by atoms with E-state index < -0.39 is 11.0 Å². The quantitative estimate of drug-likeness (QED) is 0.383. The summed E-state index contributed by atoms with van der Waals surface area (Å²) in [7, 11) is 0. The molecule has 0 aromatic rings. The molecule has 0 heterocycles. The van der Waals surface area contributed by atoms with E-state index in [1.165, 1.54) is 6.92 Å². The summed E-state index contributed by atoms with van der Waals surface area (Å²) >= 11 is 0. The van der Waals surface area contributed by atoms with Gasteiger partial charge in [-0.15, -0.1) is 6.58 Å². The molecule has 0 saturated heterocycles. The molecule has 29 heavy (non-hydrogen) atoms. The number of allylic oxidation sites excluding steroid dienone is 2. The van der Waals surface area contributed by atoms with Gasteiger partial charge in [0.1, 0.15) is 17.2 Å². The van der Waals surface area contributed by atoms with Crippen molar-refractivity contribution in [1.29, 1.82) is 0 Å². The molecular formula is C24H39NO4. The molecule has 5 nitrogen and oxygen atoms in total. The number of Topliss-reactive ketones (excluding diaryl/α,β-unsaturated/α-hetero) is 2. The van der Waals surface area contributed by atoms with Crippen molar-refractivity contribution in [3.8, 4) is 0 Å². The third kappa shape index (κ3) is 6.83. The van der Waals surface area contributed by atoms with Crippen molar-refractivity contribution in [3.05, 3.63) is 24.8 Å². The third-order valence-corrected chi connectivity index (χ3v) is 5.71. The van der Waals surface area contributed by atoms with E-state index >= 15 is 0 Å². The number of nitrogens with zero attached hydrogens (tertiary/aromatic N) is 1. The van der Waals surface area contributed by atoms with Gasteiger partial charge in [-0.05, 0) is 72.1 Å². The fourth-order valence-electron chi connectivity index (χ4n) is 4.36. The van der Waals surface area contributed by atoms with Gasteiger partial charge in [0.2, 0.25) is 0 Å². The number of carbonyl (C=O) groups excluding carboxylic acids is 3. The Morgan fingerprint density at radius 1 is 1.34 bits per heavy atom. The molecule has 1 rings (SSSR count). The van der Waals surface area contributed by atoms with Crippen LogP contribution < -0.4 is 0 Å². The van der Waals surface area contributed by atoms with Gasteiger partial charge in [-0.1, -0.05) is 25.2 Å². The summed E-state index contributed by atoms with van der Waals surface area (Å²) in [5, 5.41) is 0. The van der Waals surface area contributed by atoms with Gasteiger partial charge in [0.25, 0.3) is 0 Å². The summed E-state index contributed by atoms with van der Waals surface area (Å²) in [5.74, 6) is 0.263. The van der Waals surface area contributed by atoms with E-state index in [1.54, 1.807) is 4.90 Å². The van der Waals surface area contributed by atoms with Crippen LogP contribution in [0.5, 0.6) is 0 Å². The Bertz CT molecular complexity index is 631. The van der Waals surface area contributed by atoms with Crippen LogP contribution in [-0.4, -0.2) is 41.3 Å². The van der Waals surface area contributed by atoms with E-state index in [0.717, 1.165) is 6.42 Å². The van der Waals surface area contributed by atoms with Crippen molar-refractivity contribution >= 4 is 17.7 Å².